The molecule has 0 spiro atoms. The van der Waals surface area contributed by atoms with Crippen molar-refractivity contribution in [2.45, 2.75) is 44.9 Å². The number of likely N-dealkylation sites (N-methyl/N-ethyl adjacent to an activating group) is 1. The van der Waals surface area contributed by atoms with Gasteiger partial charge in [-0.2, -0.15) is 4.37 Å². The van der Waals surface area contributed by atoms with E-state index in [1.807, 2.05) is 0 Å². The standard InChI is InChI=1S/C16H25N3OS.C4H4O4/c1-19-10-5-8-14(12-19)15-16(18-21-17-15)20-11-9-13-6-3-2-4-7-13;5-3(6)1-2-4(7)8/h8,13H,2-7,9-12H2,1H3;1-2H,(H,5,6)(H,7,8). The zero-order valence-corrected chi connectivity index (χ0v) is 17.6. The first-order valence-electron chi connectivity index (χ1n) is 9.93. The molecule has 0 aromatic carbocycles. The van der Waals surface area contributed by atoms with Gasteiger partial charge in [-0.05, 0) is 31.4 Å². The molecule has 0 unspecified atom stereocenters. The summed E-state index contributed by atoms with van der Waals surface area (Å²) >= 11 is 1.26. The third kappa shape index (κ3) is 8.74. The van der Waals surface area contributed by atoms with Crippen LogP contribution < -0.4 is 4.74 Å². The van der Waals surface area contributed by atoms with Crippen LogP contribution in [0.3, 0.4) is 0 Å². The third-order valence-corrected chi connectivity index (χ3v) is 5.47. The molecule has 2 aliphatic rings. The fourth-order valence-electron chi connectivity index (χ4n) is 3.48. The van der Waals surface area contributed by atoms with Crippen LogP contribution in [0.2, 0.25) is 0 Å². The molecule has 8 nitrogen and oxygen atoms in total. The number of carboxylic acid groups (broad SMARTS) is 2. The second kappa shape index (κ2) is 12.3. The zero-order chi connectivity index (χ0) is 21.1. The molecule has 1 aliphatic heterocycles. The van der Waals surface area contributed by atoms with Crippen LogP contribution >= 0.6 is 11.7 Å². The number of aliphatic carboxylic acids is 2. The van der Waals surface area contributed by atoms with Gasteiger partial charge in [-0.1, -0.05) is 38.2 Å². The molecule has 0 radical (unpaired) electrons. The number of aromatic nitrogens is 2. The second-order valence-corrected chi connectivity index (χ2v) is 7.85. The van der Waals surface area contributed by atoms with E-state index >= 15 is 0 Å². The quantitative estimate of drug-likeness (QED) is 0.642. The number of carbonyl (C=O) groups is 2. The average Bonchev–Trinajstić information content (AvgIpc) is 3.16. The molecule has 160 valence electrons. The van der Waals surface area contributed by atoms with Crippen molar-refractivity contribution in [2.24, 2.45) is 5.92 Å². The van der Waals surface area contributed by atoms with E-state index in [-0.39, 0.29) is 0 Å². The predicted octanol–water partition coefficient (Wildman–Crippen LogP) is 3.32. The van der Waals surface area contributed by atoms with E-state index in [9.17, 15) is 9.59 Å². The molecule has 1 aromatic heterocycles. The highest BCUT2D eigenvalue weighted by molar-refractivity contribution is 6.99. The minimum atomic E-state index is -1.26. The summed E-state index contributed by atoms with van der Waals surface area (Å²) in [5, 5.41) is 15.6. The fourth-order valence-corrected chi connectivity index (χ4v) is 4.01. The largest absolute Gasteiger partial charge is 0.478 e. The van der Waals surface area contributed by atoms with Crippen LogP contribution in [0.1, 0.15) is 50.6 Å². The van der Waals surface area contributed by atoms with Crippen LogP contribution in [0.5, 0.6) is 5.88 Å². The van der Waals surface area contributed by atoms with Crippen LogP contribution in [0.4, 0.5) is 0 Å². The maximum Gasteiger partial charge on any atom is 0.328 e. The van der Waals surface area contributed by atoms with Gasteiger partial charge in [-0.3, -0.25) is 0 Å². The van der Waals surface area contributed by atoms with Crippen molar-refractivity contribution in [3.8, 4) is 5.88 Å². The molecule has 1 fully saturated rings. The van der Waals surface area contributed by atoms with E-state index in [2.05, 4.69) is 26.8 Å². The molecule has 0 saturated heterocycles. The highest BCUT2D eigenvalue weighted by atomic mass is 32.1. The Hall–Kier alpha value is -2.26. The van der Waals surface area contributed by atoms with E-state index in [1.165, 1.54) is 49.4 Å². The highest BCUT2D eigenvalue weighted by Crippen LogP contribution is 2.29. The van der Waals surface area contributed by atoms with Crippen molar-refractivity contribution in [2.75, 3.05) is 26.7 Å². The van der Waals surface area contributed by atoms with Crippen molar-refractivity contribution >= 4 is 29.2 Å². The van der Waals surface area contributed by atoms with Crippen molar-refractivity contribution in [1.82, 2.24) is 13.6 Å². The van der Waals surface area contributed by atoms with E-state index in [4.69, 9.17) is 14.9 Å². The smallest absolute Gasteiger partial charge is 0.328 e. The zero-order valence-electron chi connectivity index (χ0n) is 16.7. The molecule has 0 bridgehead atoms. The first-order chi connectivity index (χ1) is 14.0. The normalized spacial score (nSPS) is 18.0. The average molecular weight is 424 g/mol. The van der Waals surface area contributed by atoms with Crippen molar-refractivity contribution in [3.05, 3.63) is 23.9 Å². The van der Waals surface area contributed by atoms with Crippen LogP contribution in [0.25, 0.3) is 5.57 Å². The fraction of sp³-hybridized carbons (Fsp3) is 0.600. The third-order valence-electron chi connectivity index (χ3n) is 4.96. The molecule has 2 heterocycles. The Morgan fingerprint density at radius 1 is 1.21 bits per heavy atom. The summed E-state index contributed by atoms with van der Waals surface area (Å²) in [7, 11) is 2.15. The molecule has 1 aliphatic carbocycles. The van der Waals surface area contributed by atoms with Gasteiger partial charge in [0.2, 0.25) is 0 Å². The minimum absolute atomic E-state index is 0.558. The Kier molecular flexibility index (Phi) is 9.79. The Bertz CT molecular complexity index is 709. The molecule has 2 N–H and O–H groups in total. The Morgan fingerprint density at radius 2 is 1.90 bits per heavy atom. The topological polar surface area (TPSA) is 113 Å². The monoisotopic (exact) mass is 423 g/mol. The van der Waals surface area contributed by atoms with Crippen molar-refractivity contribution < 1.29 is 24.5 Å². The molecule has 3 rings (SSSR count). The summed E-state index contributed by atoms with van der Waals surface area (Å²) in [5.74, 6) is -0.911. The van der Waals surface area contributed by atoms with Gasteiger partial charge in [0, 0.05) is 25.2 Å². The summed E-state index contributed by atoms with van der Waals surface area (Å²) in [4.78, 5) is 21.4. The Morgan fingerprint density at radius 3 is 2.52 bits per heavy atom. The van der Waals surface area contributed by atoms with E-state index in [1.54, 1.807) is 0 Å². The van der Waals surface area contributed by atoms with Crippen LogP contribution in [0.15, 0.2) is 18.2 Å². The van der Waals surface area contributed by atoms with Crippen LogP contribution in [-0.2, 0) is 9.59 Å². The molecule has 29 heavy (non-hydrogen) atoms. The molecular weight excluding hydrogens is 394 g/mol. The summed E-state index contributed by atoms with van der Waals surface area (Å²) in [6.45, 7) is 2.86. The lowest BCUT2D eigenvalue weighted by molar-refractivity contribution is -0.134. The number of rotatable bonds is 7. The van der Waals surface area contributed by atoms with Crippen molar-refractivity contribution in [3.63, 3.8) is 0 Å². The first kappa shape index (κ1) is 23.0. The second-order valence-electron chi connectivity index (χ2n) is 7.32. The number of ether oxygens (including phenoxy) is 1. The first-order valence-corrected chi connectivity index (χ1v) is 10.7. The Labute approximate surface area is 175 Å². The van der Waals surface area contributed by atoms with Gasteiger partial charge >= 0.3 is 11.9 Å². The van der Waals surface area contributed by atoms with Crippen LogP contribution in [0, 0.1) is 5.92 Å². The molecule has 1 aromatic rings. The van der Waals surface area contributed by atoms with Gasteiger partial charge in [0.25, 0.3) is 5.88 Å². The lowest BCUT2D eigenvalue weighted by atomic mass is 9.87. The van der Waals surface area contributed by atoms with Crippen molar-refractivity contribution in [1.29, 1.82) is 0 Å². The van der Waals surface area contributed by atoms with E-state index < -0.39 is 11.9 Å². The SMILES string of the molecule is CN1CCC=C(c2nsnc2OCCC2CCCCC2)C1.O=C(O)C=CC(=O)O. The lowest BCUT2D eigenvalue weighted by Crippen LogP contribution is -2.25. The minimum Gasteiger partial charge on any atom is -0.478 e. The number of nitrogens with zero attached hydrogens (tertiary/aromatic N) is 3. The molecule has 0 atom stereocenters. The number of hydrogen-bond donors (Lipinski definition) is 2. The van der Waals surface area contributed by atoms with Gasteiger partial charge in [0.05, 0.1) is 18.3 Å². The van der Waals surface area contributed by atoms with Gasteiger partial charge in [-0.25, -0.2) is 9.59 Å². The highest BCUT2D eigenvalue weighted by Gasteiger charge is 2.19. The van der Waals surface area contributed by atoms with E-state index in [0.29, 0.717) is 12.2 Å². The summed E-state index contributed by atoms with van der Waals surface area (Å²) in [5.41, 5.74) is 2.24. The van der Waals surface area contributed by atoms with Gasteiger partial charge in [0.1, 0.15) is 5.69 Å². The molecular formula is C20H29N3O5S. The van der Waals surface area contributed by atoms with E-state index in [0.717, 1.165) is 50.0 Å². The Balaban J connectivity index is 0.000000321. The molecule has 0 amide bonds. The number of carboxylic acids is 2. The van der Waals surface area contributed by atoms with Gasteiger partial charge in [-0.15, -0.1) is 4.37 Å². The summed E-state index contributed by atoms with van der Waals surface area (Å²) in [6, 6.07) is 0. The maximum absolute atomic E-state index is 9.55. The van der Waals surface area contributed by atoms with Gasteiger partial charge < -0.3 is 19.8 Å². The molecule has 9 heteroatoms. The molecule has 1 saturated carbocycles. The summed E-state index contributed by atoms with van der Waals surface area (Å²) in [6.07, 6.45) is 12.6. The number of hydrogen-bond acceptors (Lipinski definition) is 7. The lowest BCUT2D eigenvalue weighted by Gasteiger charge is -2.22. The van der Waals surface area contributed by atoms with Crippen LogP contribution in [-0.4, -0.2) is 62.5 Å². The predicted molar refractivity (Wildman–Crippen MR) is 111 cm³/mol. The maximum atomic E-state index is 9.55. The summed E-state index contributed by atoms with van der Waals surface area (Å²) < 4.78 is 14.7. The van der Waals surface area contributed by atoms with Gasteiger partial charge in [0.15, 0.2) is 0 Å².